The number of nitrogens with one attached hydrogen (secondary N) is 1. The molecule has 0 aliphatic heterocycles. The van der Waals surface area contributed by atoms with E-state index < -0.39 is 24.0 Å². The molecule has 5 nitrogen and oxygen atoms in total. The second-order valence-electron chi connectivity index (χ2n) is 2.40. The third-order valence-corrected chi connectivity index (χ3v) is 1.27. The van der Waals surface area contributed by atoms with Gasteiger partial charge in [-0.15, -0.1) is 0 Å². The zero-order valence-electron chi connectivity index (χ0n) is 7.37. The number of hydrogen-bond acceptors (Lipinski definition) is 3. The van der Waals surface area contributed by atoms with Crippen molar-refractivity contribution in [1.82, 2.24) is 5.32 Å². The Morgan fingerprint density at radius 1 is 1.46 bits per heavy atom. The van der Waals surface area contributed by atoms with E-state index in [4.69, 9.17) is 10.2 Å². The predicted molar refractivity (Wildman–Crippen MR) is 44.7 cm³/mol. The third-order valence-electron chi connectivity index (χ3n) is 1.27. The first-order chi connectivity index (χ1) is 5.99. The number of aliphatic hydroxyl groups is 1. The minimum absolute atomic E-state index is 0.712. The van der Waals surface area contributed by atoms with Crippen LogP contribution in [0.3, 0.4) is 0 Å². The molecule has 0 radical (unpaired) electrons. The molecule has 0 aliphatic rings. The average Bonchev–Trinajstić information content (AvgIpc) is 1.99. The molecular weight excluding hydrogens is 174 g/mol. The number of carbonyl (C=O) groups excluding carboxylic acids is 1. The van der Waals surface area contributed by atoms with E-state index in [1.54, 1.807) is 0 Å². The van der Waals surface area contributed by atoms with Crippen LogP contribution in [0, 0.1) is 11.8 Å². The van der Waals surface area contributed by atoms with Crippen LogP contribution < -0.4 is 5.32 Å². The lowest BCUT2D eigenvalue weighted by atomic mass is 10.2. The van der Waals surface area contributed by atoms with Crippen molar-refractivity contribution < 1.29 is 19.8 Å². The zero-order chi connectivity index (χ0) is 10.4. The maximum absolute atomic E-state index is 10.8. The highest BCUT2D eigenvalue weighted by Gasteiger charge is 2.23. The Kier molecular flexibility index (Phi) is 4.55. The number of amides is 1. The van der Waals surface area contributed by atoms with Crippen LogP contribution in [0.5, 0.6) is 0 Å². The van der Waals surface area contributed by atoms with E-state index in [0.717, 1.165) is 0 Å². The highest BCUT2D eigenvalue weighted by atomic mass is 16.4. The Morgan fingerprint density at radius 3 is 2.31 bits per heavy atom. The fourth-order valence-corrected chi connectivity index (χ4v) is 0.680. The molecule has 0 aromatic heterocycles. The monoisotopic (exact) mass is 185 g/mol. The van der Waals surface area contributed by atoms with Crippen molar-refractivity contribution in [3.8, 4) is 11.8 Å². The molecule has 2 unspecified atom stereocenters. The Hall–Kier alpha value is -1.54. The molecule has 0 saturated carbocycles. The number of carboxylic acids is 1. The van der Waals surface area contributed by atoms with E-state index >= 15 is 0 Å². The van der Waals surface area contributed by atoms with Crippen LogP contribution in [-0.2, 0) is 9.59 Å². The molecule has 0 heterocycles. The van der Waals surface area contributed by atoms with Crippen molar-refractivity contribution in [2.24, 2.45) is 0 Å². The molecule has 1 amide bonds. The van der Waals surface area contributed by atoms with Crippen molar-refractivity contribution in [2.45, 2.75) is 26.0 Å². The smallest absolute Gasteiger partial charge is 0.328 e. The Bertz CT molecular complexity index is 261. The van der Waals surface area contributed by atoms with Gasteiger partial charge in [-0.05, 0) is 19.8 Å². The quantitative estimate of drug-likeness (QED) is 0.490. The SMILES string of the molecule is CC#CC(=O)NC(C(=O)O)C(C)O. The summed E-state index contributed by atoms with van der Waals surface area (Å²) in [5, 5.41) is 19.5. The lowest BCUT2D eigenvalue weighted by Crippen LogP contribution is -2.47. The first kappa shape index (κ1) is 11.5. The van der Waals surface area contributed by atoms with Gasteiger partial charge in [-0.2, -0.15) is 0 Å². The Morgan fingerprint density at radius 2 is 2.00 bits per heavy atom. The minimum atomic E-state index is -1.31. The second kappa shape index (κ2) is 5.17. The number of carboxylic acid groups (broad SMARTS) is 1. The molecule has 3 N–H and O–H groups in total. The summed E-state index contributed by atoms with van der Waals surface area (Å²) >= 11 is 0. The van der Waals surface area contributed by atoms with Gasteiger partial charge in [0.1, 0.15) is 0 Å². The number of rotatable bonds is 3. The van der Waals surface area contributed by atoms with Gasteiger partial charge in [0, 0.05) is 0 Å². The summed E-state index contributed by atoms with van der Waals surface area (Å²) in [6.07, 6.45) is -1.15. The van der Waals surface area contributed by atoms with E-state index in [9.17, 15) is 9.59 Å². The summed E-state index contributed by atoms with van der Waals surface area (Å²) in [4.78, 5) is 21.3. The van der Waals surface area contributed by atoms with Crippen LogP contribution in [0.4, 0.5) is 0 Å². The predicted octanol–water partition coefficient (Wildman–Crippen LogP) is -1.04. The van der Waals surface area contributed by atoms with Gasteiger partial charge in [0.25, 0.3) is 5.91 Å². The van der Waals surface area contributed by atoms with E-state index in [1.807, 2.05) is 0 Å². The van der Waals surface area contributed by atoms with Gasteiger partial charge in [0.2, 0.25) is 0 Å². The Labute approximate surface area is 75.8 Å². The van der Waals surface area contributed by atoms with Crippen molar-refractivity contribution in [2.75, 3.05) is 0 Å². The molecule has 0 rings (SSSR count). The molecule has 0 saturated heterocycles. The van der Waals surface area contributed by atoms with Crippen molar-refractivity contribution in [3.63, 3.8) is 0 Å². The maximum atomic E-state index is 10.8. The number of aliphatic carboxylic acids is 1. The van der Waals surface area contributed by atoms with Crippen LogP contribution >= 0.6 is 0 Å². The summed E-state index contributed by atoms with van der Waals surface area (Å²) in [5.74, 6) is 2.42. The van der Waals surface area contributed by atoms with Gasteiger partial charge in [0.05, 0.1) is 6.10 Å². The van der Waals surface area contributed by atoms with Gasteiger partial charge in [0.15, 0.2) is 6.04 Å². The molecule has 0 fully saturated rings. The van der Waals surface area contributed by atoms with E-state index in [0.29, 0.717) is 0 Å². The lowest BCUT2D eigenvalue weighted by molar-refractivity contribution is -0.144. The standard InChI is InChI=1S/C8H11NO4/c1-3-4-6(11)9-7(5(2)10)8(12)13/h5,7,10H,1-2H3,(H,9,11)(H,12,13). The van der Waals surface area contributed by atoms with Gasteiger partial charge in [-0.3, -0.25) is 4.79 Å². The van der Waals surface area contributed by atoms with Crippen LogP contribution in [0.1, 0.15) is 13.8 Å². The first-order valence-corrected chi connectivity index (χ1v) is 3.63. The normalized spacial score (nSPS) is 13.5. The van der Waals surface area contributed by atoms with E-state index in [2.05, 4.69) is 17.2 Å². The fourth-order valence-electron chi connectivity index (χ4n) is 0.680. The average molecular weight is 185 g/mol. The van der Waals surface area contributed by atoms with Crippen LogP contribution in [0.2, 0.25) is 0 Å². The van der Waals surface area contributed by atoms with Crippen molar-refractivity contribution in [1.29, 1.82) is 0 Å². The molecule has 0 spiro atoms. The molecule has 72 valence electrons. The van der Waals surface area contributed by atoms with Gasteiger partial charge < -0.3 is 15.5 Å². The highest BCUT2D eigenvalue weighted by molar-refractivity contribution is 5.96. The largest absolute Gasteiger partial charge is 0.480 e. The molecular formula is C8H11NO4. The second-order valence-corrected chi connectivity index (χ2v) is 2.40. The Balaban J connectivity index is 4.32. The molecule has 13 heavy (non-hydrogen) atoms. The topological polar surface area (TPSA) is 86.6 Å². The summed E-state index contributed by atoms with van der Waals surface area (Å²) in [6, 6.07) is -1.31. The third kappa shape index (κ3) is 4.13. The van der Waals surface area contributed by atoms with Crippen molar-refractivity contribution >= 4 is 11.9 Å². The number of carbonyl (C=O) groups is 2. The number of aliphatic hydroxyl groups excluding tert-OH is 1. The van der Waals surface area contributed by atoms with Gasteiger partial charge in [-0.1, -0.05) is 5.92 Å². The summed E-state index contributed by atoms with van der Waals surface area (Å²) < 4.78 is 0. The first-order valence-electron chi connectivity index (χ1n) is 3.63. The molecule has 0 bridgehead atoms. The van der Waals surface area contributed by atoms with Crippen LogP contribution in [0.25, 0.3) is 0 Å². The van der Waals surface area contributed by atoms with Gasteiger partial charge >= 0.3 is 5.97 Å². The fraction of sp³-hybridized carbons (Fsp3) is 0.500. The van der Waals surface area contributed by atoms with Crippen molar-refractivity contribution in [3.05, 3.63) is 0 Å². The van der Waals surface area contributed by atoms with Crippen LogP contribution in [0.15, 0.2) is 0 Å². The number of hydrogen-bond donors (Lipinski definition) is 3. The van der Waals surface area contributed by atoms with E-state index in [1.165, 1.54) is 13.8 Å². The lowest BCUT2D eigenvalue weighted by Gasteiger charge is -2.14. The molecule has 0 aromatic rings. The molecule has 0 aromatic carbocycles. The molecule has 2 atom stereocenters. The van der Waals surface area contributed by atoms with Gasteiger partial charge in [-0.25, -0.2) is 4.79 Å². The molecule has 5 heteroatoms. The summed E-state index contributed by atoms with van der Waals surface area (Å²) in [7, 11) is 0. The summed E-state index contributed by atoms with van der Waals surface area (Å²) in [5.41, 5.74) is 0. The highest BCUT2D eigenvalue weighted by Crippen LogP contribution is 1.92. The molecule has 0 aliphatic carbocycles. The van der Waals surface area contributed by atoms with E-state index in [-0.39, 0.29) is 0 Å². The summed E-state index contributed by atoms with van der Waals surface area (Å²) in [6.45, 7) is 2.73. The minimum Gasteiger partial charge on any atom is -0.480 e. The zero-order valence-corrected chi connectivity index (χ0v) is 7.37. The van der Waals surface area contributed by atoms with Crippen LogP contribution in [-0.4, -0.2) is 34.2 Å². The maximum Gasteiger partial charge on any atom is 0.328 e.